The second-order valence-electron chi connectivity index (χ2n) is 4.94. The van der Waals surface area contributed by atoms with Crippen LogP contribution in [0.15, 0.2) is 24.3 Å². The molecule has 0 radical (unpaired) electrons. The molecule has 0 fully saturated rings. The third-order valence-corrected chi connectivity index (χ3v) is 2.65. The normalized spacial score (nSPS) is 10.2. The van der Waals surface area contributed by atoms with Crippen LogP contribution >= 0.6 is 0 Å². The van der Waals surface area contributed by atoms with Crippen LogP contribution in [0.25, 0.3) is 0 Å². The highest BCUT2D eigenvalue weighted by atomic mass is 16.5. The molecule has 0 spiro atoms. The molecule has 0 saturated carbocycles. The smallest absolute Gasteiger partial charge is 0.276 e. The summed E-state index contributed by atoms with van der Waals surface area (Å²) in [6.45, 7) is 5.77. The molecule has 0 aliphatic rings. The zero-order valence-electron chi connectivity index (χ0n) is 12.2. The number of hydrazine groups is 1. The number of rotatable bonds is 6. The van der Waals surface area contributed by atoms with Gasteiger partial charge in [0, 0.05) is 6.42 Å². The number of aryl methyl sites for hydroxylation is 1. The number of carbonyl (C=O) groups excluding carboxylic acids is 2. The van der Waals surface area contributed by atoms with E-state index in [9.17, 15) is 9.59 Å². The standard InChI is InChI=1S/C15H22N2O3/c1-4-12-7-5-6-8-13(12)20-10-15(19)17-16-14(18)9-11(2)3/h5-8,11H,4,9-10H2,1-3H3,(H,16,18)(H,17,19). The van der Waals surface area contributed by atoms with E-state index in [1.54, 1.807) is 0 Å². The maximum absolute atomic E-state index is 11.6. The molecule has 5 heteroatoms. The lowest BCUT2D eigenvalue weighted by molar-refractivity contribution is -0.130. The van der Waals surface area contributed by atoms with E-state index >= 15 is 0 Å². The number of para-hydroxylation sites is 1. The van der Waals surface area contributed by atoms with Crippen molar-refractivity contribution in [3.05, 3.63) is 29.8 Å². The van der Waals surface area contributed by atoms with Crippen LogP contribution in [0.1, 0.15) is 32.8 Å². The predicted octanol–water partition coefficient (Wildman–Crippen LogP) is 1.82. The monoisotopic (exact) mass is 278 g/mol. The van der Waals surface area contributed by atoms with Crippen LogP contribution in [0, 0.1) is 5.92 Å². The van der Waals surface area contributed by atoms with Gasteiger partial charge in [0.15, 0.2) is 6.61 Å². The van der Waals surface area contributed by atoms with Crippen molar-refractivity contribution in [2.24, 2.45) is 5.92 Å². The molecule has 0 unspecified atom stereocenters. The molecule has 110 valence electrons. The van der Waals surface area contributed by atoms with Crippen LogP contribution in [0.2, 0.25) is 0 Å². The number of benzene rings is 1. The van der Waals surface area contributed by atoms with Gasteiger partial charge in [0.2, 0.25) is 5.91 Å². The van der Waals surface area contributed by atoms with Crippen molar-refractivity contribution >= 4 is 11.8 Å². The maximum Gasteiger partial charge on any atom is 0.276 e. The first kappa shape index (κ1) is 16.0. The summed E-state index contributed by atoms with van der Waals surface area (Å²) in [6.07, 6.45) is 1.21. The number of carbonyl (C=O) groups is 2. The maximum atomic E-state index is 11.6. The Kier molecular flexibility index (Phi) is 6.56. The van der Waals surface area contributed by atoms with E-state index in [0.29, 0.717) is 12.2 Å². The van der Waals surface area contributed by atoms with Gasteiger partial charge in [-0.1, -0.05) is 39.0 Å². The first-order chi connectivity index (χ1) is 9.52. The molecule has 0 heterocycles. The van der Waals surface area contributed by atoms with Gasteiger partial charge < -0.3 is 4.74 Å². The van der Waals surface area contributed by atoms with Gasteiger partial charge in [0.25, 0.3) is 5.91 Å². The fourth-order valence-corrected chi connectivity index (χ4v) is 1.68. The van der Waals surface area contributed by atoms with Gasteiger partial charge in [-0.2, -0.15) is 0 Å². The second kappa shape index (κ2) is 8.19. The highest BCUT2D eigenvalue weighted by Crippen LogP contribution is 2.17. The van der Waals surface area contributed by atoms with Crippen molar-refractivity contribution in [1.29, 1.82) is 0 Å². The Morgan fingerprint density at radius 2 is 1.80 bits per heavy atom. The average Bonchev–Trinajstić information content (AvgIpc) is 2.42. The summed E-state index contributed by atoms with van der Waals surface area (Å²) in [5.74, 6) is 0.355. The van der Waals surface area contributed by atoms with E-state index in [1.165, 1.54) is 0 Å². The number of hydrogen-bond acceptors (Lipinski definition) is 3. The summed E-state index contributed by atoms with van der Waals surface area (Å²) in [5.41, 5.74) is 5.74. The molecule has 1 rings (SSSR count). The third-order valence-electron chi connectivity index (χ3n) is 2.65. The Bertz CT molecular complexity index is 458. The van der Waals surface area contributed by atoms with Crippen LogP contribution in [-0.4, -0.2) is 18.4 Å². The molecule has 0 atom stereocenters. The van der Waals surface area contributed by atoms with Crippen molar-refractivity contribution < 1.29 is 14.3 Å². The summed E-state index contributed by atoms with van der Waals surface area (Å²) in [7, 11) is 0. The van der Waals surface area contributed by atoms with E-state index in [1.807, 2.05) is 45.0 Å². The molecular weight excluding hydrogens is 256 g/mol. The van der Waals surface area contributed by atoms with E-state index in [-0.39, 0.29) is 24.3 Å². The largest absolute Gasteiger partial charge is 0.483 e. The average molecular weight is 278 g/mol. The number of nitrogens with one attached hydrogen (secondary N) is 2. The molecule has 0 saturated heterocycles. The zero-order chi connectivity index (χ0) is 15.0. The minimum absolute atomic E-state index is 0.126. The molecule has 0 aromatic heterocycles. The first-order valence-electron chi connectivity index (χ1n) is 6.81. The van der Waals surface area contributed by atoms with Gasteiger partial charge in [0.05, 0.1) is 0 Å². The van der Waals surface area contributed by atoms with Crippen LogP contribution in [0.5, 0.6) is 5.75 Å². The SMILES string of the molecule is CCc1ccccc1OCC(=O)NNC(=O)CC(C)C. The van der Waals surface area contributed by atoms with E-state index in [4.69, 9.17) is 4.74 Å². The summed E-state index contributed by atoms with van der Waals surface area (Å²) in [4.78, 5) is 22.9. The first-order valence-corrected chi connectivity index (χ1v) is 6.81. The molecule has 0 bridgehead atoms. The second-order valence-corrected chi connectivity index (χ2v) is 4.94. The molecule has 2 N–H and O–H groups in total. The summed E-state index contributed by atoms with van der Waals surface area (Å²) >= 11 is 0. The van der Waals surface area contributed by atoms with Gasteiger partial charge in [0.1, 0.15) is 5.75 Å². The lowest BCUT2D eigenvalue weighted by atomic mass is 10.1. The van der Waals surface area contributed by atoms with Gasteiger partial charge in [-0.3, -0.25) is 20.4 Å². The Hall–Kier alpha value is -2.04. The number of ether oxygens (including phenoxy) is 1. The van der Waals surface area contributed by atoms with E-state index in [2.05, 4.69) is 10.9 Å². The summed E-state index contributed by atoms with van der Waals surface area (Å²) < 4.78 is 5.44. The Balaban J connectivity index is 2.35. The zero-order valence-corrected chi connectivity index (χ0v) is 12.2. The van der Waals surface area contributed by atoms with Crippen molar-refractivity contribution in [3.63, 3.8) is 0 Å². The van der Waals surface area contributed by atoms with Crippen molar-refractivity contribution in [1.82, 2.24) is 10.9 Å². The number of amides is 2. The Morgan fingerprint density at radius 3 is 2.45 bits per heavy atom. The Labute approximate surface area is 119 Å². The molecule has 1 aromatic carbocycles. The van der Waals surface area contributed by atoms with Crippen molar-refractivity contribution in [2.75, 3.05) is 6.61 Å². The van der Waals surface area contributed by atoms with Crippen molar-refractivity contribution in [2.45, 2.75) is 33.6 Å². The lowest BCUT2D eigenvalue weighted by Crippen LogP contribution is -2.44. The van der Waals surface area contributed by atoms with Gasteiger partial charge in [-0.05, 0) is 24.0 Å². The topological polar surface area (TPSA) is 67.4 Å². The van der Waals surface area contributed by atoms with Gasteiger partial charge >= 0.3 is 0 Å². The van der Waals surface area contributed by atoms with Gasteiger partial charge in [-0.25, -0.2) is 0 Å². The van der Waals surface area contributed by atoms with E-state index in [0.717, 1.165) is 12.0 Å². The molecule has 0 aliphatic carbocycles. The highest BCUT2D eigenvalue weighted by molar-refractivity contribution is 5.82. The molecule has 5 nitrogen and oxygen atoms in total. The fourth-order valence-electron chi connectivity index (χ4n) is 1.68. The van der Waals surface area contributed by atoms with Crippen LogP contribution in [0.4, 0.5) is 0 Å². The fraction of sp³-hybridized carbons (Fsp3) is 0.467. The predicted molar refractivity (Wildman–Crippen MR) is 77.1 cm³/mol. The quantitative estimate of drug-likeness (QED) is 0.780. The summed E-state index contributed by atoms with van der Waals surface area (Å²) in [6, 6.07) is 7.57. The highest BCUT2D eigenvalue weighted by Gasteiger charge is 2.08. The Morgan fingerprint density at radius 1 is 1.15 bits per heavy atom. The van der Waals surface area contributed by atoms with Gasteiger partial charge in [-0.15, -0.1) is 0 Å². The van der Waals surface area contributed by atoms with Crippen LogP contribution in [0.3, 0.4) is 0 Å². The van der Waals surface area contributed by atoms with Crippen LogP contribution < -0.4 is 15.6 Å². The minimum Gasteiger partial charge on any atom is -0.483 e. The van der Waals surface area contributed by atoms with Crippen LogP contribution in [-0.2, 0) is 16.0 Å². The third kappa shape index (κ3) is 5.73. The minimum atomic E-state index is -0.381. The molecule has 0 aliphatic heterocycles. The van der Waals surface area contributed by atoms with Crippen molar-refractivity contribution in [3.8, 4) is 5.75 Å². The molecular formula is C15H22N2O3. The molecule has 1 aromatic rings. The molecule has 20 heavy (non-hydrogen) atoms. The summed E-state index contributed by atoms with van der Waals surface area (Å²) in [5, 5.41) is 0. The molecule has 2 amide bonds. The van der Waals surface area contributed by atoms with E-state index < -0.39 is 0 Å². The lowest BCUT2D eigenvalue weighted by Gasteiger charge is -2.11. The number of hydrogen-bond donors (Lipinski definition) is 2.